The number of rotatable bonds is 0. The van der Waals surface area contributed by atoms with Crippen LogP contribution in [0.3, 0.4) is 0 Å². The van der Waals surface area contributed by atoms with Gasteiger partial charge in [-0.25, -0.2) is 19.4 Å². The third-order valence-electron chi connectivity index (χ3n) is 0.601. The van der Waals surface area contributed by atoms with Crippen molar-refractivity contribution in [3.63, 3.8) is 0 Å². The van der Waals surface area contributed by atoms with Crippen molar-refractivity contribution in [3.8, 4) is 0 Å². The molecular formula is C4H8N2O4. The zero-order valence-corrected chi connectivity index (χ0v) is 5.63. The van der Waals surface area contributed by atoms with Crippen LogP contribution in [0.15, 0.2) is 0 Å². The molecule has 0 atom stereocenters. The molecule has 0 saturated heterocycles. The third-order valence-corrected chi connectivity index (χ3v) is 0.601. The van der Waals surface area contributed by atoms with Gasteiger partial charge in [-0.15, -0.1) is 0 Å². The number of hydrogen-bond donors (Lipinski definition) is 2. The van der Waals surface area contributed by atoms with E-state index in [2.05, 4.69) is 20.4 Å². The van der Waals surface area contributed by atoms with Gasteiger partial charge in [-0.05, 0) is 0 Å². The molecule has 58 valence electrons. The molecule has 0 spiro atoms. The van der Waals surface area contributed by atoms with Gasteiger partial charge in [0.25, 0.3) is 0 Å². The van der Waals surface area contributed by atoms with Crippen LogP contribution < -0.4 is 10.6 Å². The van der Waals surface area contributed by atoms with Gasteiger partial charge < -0.3 is 10.6 Å². The lowest BCUT2D eigenvalue weighted by molar-refractivity contribution is -0.177. The average molecular weight is 148 g/mol. The van der Waals surface area contributed by atoms with Crippen molar-refractivity contribution < 1.29 is 19.4 Å². The van der Waals surface area contributed by atoms with Gasteiger partial charge in [0.15, 0.2) is 0 Å². The van der Waals surface area contributed by atoms with Gasteiger partial charge in [0.1, 0.15) is 0 Å². The summed E-state index contributed by atoms with van der Waals surface area (Å²) in [6.45, 7) is 0. The van der Waals surface area contributed by atoms with E-state index >= 15 is 0 Å². The van der Waals surface area contributed by atoms with E-state index in [4.69, 9.17) is 0 Å². The highest BCUT2D eigenvalue weighted by atomic mass is 17.2. The molecule has 0 aliphatic rings. The third kappa shape index (κ3) is 3.53. The minimum Gasteiger partial charge on any atom is -0.321 e. The lowest BCUT2D eigenvalue weighted by Gasteiger charge is -1.99. The summed E-state index contributed by atoms with van der Waals surface area (Å²) in [5.74, 6) is 0. The summed E-state index contributed by atoms with van der Waals surface area (Å²) >= 11 is 0. The lowest BCUT2D eigenvalue weighted by atomic mass is 11.1. The van der Waals surface area contributed by atoms with Crippen molar-refractivity contribution in [1.29, 1.82) is 0 Å². The Hall–Kier alpha value is -1.46. The summed E-state index contributed by atoms with van der Waals surface area (Å²) in [5, 5.41) is 4.16. The van der Waals surface area contributed by atoms with Crippen LogP contribution in [0, 0.1) is 0 Å². The maximum Gasteiger partial charge on any atom is 0.450 e. The molecule has 0 aliphatic heterocycles. The van der Waals surface area contributed by atoms with E-state index in [1.165, 1.54) is 14.1 Å². The SMILES string of the molecule is CNC(=O)OOC(=O)NC. The second-order valence-electron chi connectivity index (χ2n) is 1.24. The van der Waals surface area contributed by atoms with Crippen LogP contribution in [0.5, 0.6) is 0 Å². The molecule has 0 bridgehead atoms. The zero-order valence-electron chi connectivity index (χ0n) is 5.63. The molecule has 0 radical (unpaired) electrons. The van der Waals surface area contributed by atoms with E-state index in [1.54, 1.807) is 0 Å². The summed E-state index contributed by atoms with van der Waals surface area (Å²) in [6.07, 6.45) is -1.66. The average Bonchev–Trinajstić information content (AvgIpc) is 1.99. The minimum atomic E-state index is -0.830. The summed E-state index contributed by atoms with van der Waals surface area (Å²) < 4.78 is 0. The van der Waals surface area contributed by atoms with Crippen LogP contribution in [-0.2, 0) is 9.78 Å². The van der Waals surface area contributed by atoms with Crippen LogP contribution in [0.4, 0.5) is 9.59 Å². The van der Waals surface area contributed by atoms with Crippen LogP contribution in [-0.4, -0.2) is 26.3 Å². The molecule has 6 nitrogen and oxygen atoms in total. The van der Waals surface area contributed by atoms with Crippen molar-refractivity contribution in [3.05, 3.63) is 0 Å². The molecule has 0 aliphatic carbocycles. The molecule has 2 amide bonds. The fourth-order valence-corrected chi connectivity index (χ4v) is 0.159. The first kappa shape index (κ1) is 8.54. The van der Waals surface area contributed by atoms with Crippen molar-refractivity contribution in [2.75, 3.05) is 14.1 Å². The Bertz CT molecular complexity index is 119. The van der Waals surface area contributed by atoms with E-state index in [1.807, 2.05) is 0 Å². The van der Waals surface area contributed by atoms with Gasteiger partial charge in [0, 0.05) is 14.1 Å². The number of carbonyl (C=O) groups excluding carboxylic acids is 2. The largest absolute Gasteiger partial charge is 0.450 e. The van der Waals surface area contributed by atoms with Gasteiger partial charge in [0.2, 0.25) is 0 Å². The van der Waals surface area contributed by atoms with E-state index in [-0.39, 0.29) is 0 Å². The summed E-state index contributed by atoms with van der Waals surface area (Å²) in [6, 6.07) is 0. The van der Waals surface area contributed by atoms with Crippen molar-refractivity contribution >= 4 is 12.2 Å². The van der Waals surface area contributed by atoms with Crippen LogP contribution in [0.25, 0.3) is 0 Å². The molecule has 0 aromatic heterocycles. The van der Waals surface area contributed by atoms with E-state index in [9.17, 15) is 9.59 Å². The number of amides is 2. The Balaban J connectivity index is 3.35. The van der Waals surface area contributed by atoms with Crippen molar-refractivity contribution in [1.82, 2.24) is 10.6 Å². The van der Waals surface area contributed by atoms with Crippen LogP contribution in [0.2, 0.25) is 0 Å². The Labute approximate surface area is 57.4 Å². The van der Waals surface area contributed by atoms with Crippen LogP contribution in [0.1, 0.15) is 0 Å². The number of nitrogens with one attached hydrogen (secondary N) is 2. The maximum absolute atomic E-state index is 10.2. The Morgan fingerprint density at radius 3 is 1.50 bits per heavy atom. The van der Waals surface area contributed by atoms with Crippen molar-refractivity contribution in [2.45, 2.75) is 0 Å². The summed E-state index contributed by atoms with van der Waals surface area (Å²) in [7, 11) is 2.69. The molecule has 0 heterocycles. The van der Waals surface area contributed by atoms with Crippen molar-refractivity contribution in [2.24, 2.45) is 0 Å². The maximum atomic E-state index is 10.2. The second kappa shape index (κ2) is 4.42. The molecule has 0 rings (SSSR count). The Morgan fingerprint density at radius 2 is 1.30 bits per heavy atom. The number of hydrogen-bond acceptors (Lipinski definition) is 4. The normalized spacial score (nSPS) is 7.80. The van der Waals surface area contributed by atoms with E-state index in [0.29, 0.717) is 0 Å². The molecular weight excluding hydrogens is 140 g/mol. The first-order chi connectivity index (χ1) is 4.70. The van der Waals surface area contributed by atoms with E-state index < -0.39 is 12.2 Å². The fraction of sp³-hybridized carbons (Fsp3) is 0.500. The molecule has 10 heavy (non-hydrogen) atoms. The van der Waals surface area contributed by atoms with Gasteiger partial charge >= 0.3 is 12.2 Å². The molecule has 2 N–H and O–H groups in total. The Morgan fingerprint density at radius 1 is 1.00 bits per heavy atom. The second-order valence-corrected chi connectivity index (χ2v) is 1.24. The zero-order chi connectivity index (χ0) is 7.98. The summed E-state index contributed by atoms with van der Waals surface area (Å²) in [5.41, 5.74) is 0. The standard InChI is InChI=1S/C4H8N2O4/c1-5-3(7)9-10-4(8)6-2/h1-2H3,(H,5,7)(H,6,8). The highest BCUT2D eigenvalue weighted by molar-refractivity contribution is 5.70. The van der Waals surface area contributed by atoms with Gasteiger partial charge in [-0.3, -0.25) is 0 Å². The molecule has 6 heteroatoms. The first-order valence-electron chi connectivity index (χ1n) is 2.48. The van der Waals surface area contributed by atoms with E-state index in [0.717, 1.165) is 0 Å². The quantitative estimate of drug-likeness (QED) is 0.362. The highest BCUT2D eigenvalue weighted by Crippen LogP contribution is 1.79. The highest BCUT2D eigenvalue weighted by Gasteiger charge is 2.03. The van der Waals surface area contributed by atoms with Crippen LogP contribution >= 0.6 is 0 Å². The topological polar surface area (TPSA) is 76.7 Å². The fourth-order valence-electron chi connectivity index (χ4n) is 0.159. The smallest absolute Gasteiger partial charge is 0.321 e. The minimum absolute atomic E-state index is 0.830. The van der Waals surface area contributed by atoms with Gasteiger partial charge in [-0.2, -0.15) is 0 Å². The predicted molar refractivity (Wildman–Crippen MR) is 31.1 cm³/mol. The summed E-state index contributed by atoms with van der Waals surface area (Å²) in [4.78, 5) is 28.2. The van der Waals surface area contributed by atoms with Gasteiger partial charge in [-0.1, -0.05) is 0 Å². The molecule has 0 unspecified atom stereocenters. The molecule has 0 fully saturated rings. The molecule has 0 saturated carbocycles. The predicted octanol–water partition coefficient (Wildman–Crippen LogP) is -0.387. The monoisotopic (exact) mass is 148 g/mol. The molecule has 0 aromatic rings. The Kier molecular flexibility index (Phi) is 3.78. The lowest BCUT2D eigenvalue weighted by Crippen LogP contribution is -2.25. The molecule has 0 aromatic carbocycles. The number of carbonyl (C=O) groups is 2. The van der Waals surface area contributed by atoms with Gasteiger partial charge in [0.05, 0.1) is 0 Å². The first-order valence-corrected chi connectivity index (χ1v) is 2.48.